The number of nitrogens with one attached hydrogen (secondary N) is 1. The smallest absolute Gasteiger partial charge is 0.416 e. The lowest BCUT2D eigenvalue weighted by Crippen LogP contribution is -2.27. The lowest BCUT2D eigenvalue weighted by Gasteiger charge is -2.17. The first-order valence-electron chi connectivity index (χ1n) is 8.98. The van der Waals surface area contributed by atoms with Gasteiger partial charge in [-0.1, -0.05) is 13.8 Å². The van der Waals surface area contributed by atoms with Gasteiger partial charge in [0, 0.05) is 12.1 Å². The van der Waals surface area contributed by atoms with Gasteiger partial charge >= 0.3 is 6.18 Å². The zero-order valence-electron chi connectivity index (χ0n) is 15.5. The maximum Gasteiger partial charge on any atom is 0.416 e. The van der Waals surface area contributed by atoms with Crippen molar-refractivity contribution in [2.45, 2.75) is 32.9 Å². The standard InChI is InChI=1S/C19H24F3N3O2/c1-3-25(4-2)12-6-5-11-23-17(26)16-13-27-18(24-16)14-7-9-15(10-8-14)19(20,21)22/h7-10,13H,3-6,11-12H2,1-2H3,(H,23,26). The molecule has 27 heavy (non-hydrogen) atoms. The molecule has 0 atom stereocenters. The number of hydrogen-bond acceptors (Lipinski definition) is 4. The number of carbonyl (C=O) groups excluding carboxylic acids is 1. The number of benzene rings is 1. The summed E-state index contributed by atoms with van der Waals surface area (Å²) in [7, 11) is 0. The Bertz CT molecular complexity index is 723. The average Bonchev–Trinajstić information content (AvgIpc) is 3.14. The van der Waals surface area contributed by atoms with Gasteiger partial charge < -0.3 is 14.6 Å². The van der Waals surface area contributed by atoms with Gasteiger partial charge in [-0.25, -0.2) is 4.98 Å². The third-order valence-electron chi connectivity index (χ3n) is 4.28. The number of halogens is 3. The maximum atomic E-state index is 12.6. The number of oxazole rings is 1. The first-order chi connectivity index (χ1) is 12.8. The number of unbranched alkanes of at least 4 members (excludes halogenated alkanes) is 1. The Balaban J connectivity index is 1.85. The monoisotopic (exact) mass is 383 g/mol. The summed E-state index contributed by atoms with van der Waals surface area (Å²) in [5.41, 5.74) is -0.268. The number of hydrogen-bond donors (Lipinski definition) is 1. The minimum atomic E-state index is -4.40. The van der Waals surface area contributed by atoms with E-state index in [9.17, 15) is 18.0 Å². The average molecular weight is 383 g/mol. The van der Waals surface area contributed by atoms with Gasteiger partial charge in [0.05, 0.1) is 5.56 Å². The minimum Gasteiger partial charge on any atom is -0.444 e. The molecule has 0 bridgehead atoms. The molecule has 2 aromatic rings. The molecule has 0 aliphatic heterocycles. The van der Waals surface area contributed by atoms with Gasteiger partial charge in [-0.05, 0) is 56.7 Å². The summed E-state index contributed by atoms with van der Waals surface area (Å²) in [4.78, 5) is 18.5. The highest BCUT2D eigenvalue weighted by atomic mass is 19.4. The molecule has 0 aliphatic carbocycles. The van der Waals surface area contributed by atoms with Gasteiger partial charge in [0.1, 0.15) is 6.26 Å². The molecular weight excluding hydrogens is 359 g/mol. The largest absolute Gasteiger partial charge is 0.444 e. The fourth-order valence-electron chi connectivity index (χ4n) is 2.61. The second kappa shape index (κ2) is 9.55. The van der Waals surface area contributed by atoms with Gasteiger partial charge in [-0.3, -0.25) is 4.79 Å². The van der Waals surface area contributed by atoms with E-state index in [1.807, 2.05) is 0 Å². The summed E-state index contributed by atoms with van der Waals surface area (Å²) in [5.74, 6) is -0.254. The second-order valence-electron chi connectivity index (χ2n) is 6.10. The van der Waals surface area contributed by atoms with E-state index in [0.29, 0.717) is 12.1 Å². The third kappa shape index (κ3) is 6.09. The quantitative estimate of drug-likeness (QED) is 0.659. The molecule has 8 heteroatoms. The molecule has 2 rings (SSSR count). The van der Waals surface area contributed by atoms with Crippen LogP contribution in [0.25, 0.3) is 11.5 Å². The van der Waals surface area contributed by atoms with Crippen molar-refractivity contribution in [2.75, 3.05) is 26.2 Å². The molecule has 1 N–H and O–H groups in total. The van der Waals surface area contributed by atoms with Crippen LogP contribution >= 0.6 is 0 Å². The van der Waals surface area contributed by atoms with Gasteiger partial charge in [-0.15, -0.1) is 0 Å². The van der Waals surface area contributed by atoms with Crippen molar-refractivity contribution in [1.29, 1.82) is 0 Å². The van der Waals surface area contributed by atoms with Crippen LogP contribution in [0.2, 0.25) is 0 Å². The normalized spacial score (nSPS) is 11.8. The summed E-state index contributed by atoms with van der Waals surface area (Å²) in [5, 5.41) is 2.77. The van der Waals surface area contributed by atoms with Crippen molar-refractivity contribution < 1.29 is 22.4 Å². The fourth-order valence-corrected chi connectivity index (χ4v) is 2.61. The zero-order chi connectivity index (χ0) is 19.9. The lowest BCUT2D eigenvalue weighted by atomic mass is 10.1. The zero-order valence-corrected chi connectivity index (χ0v) is 15.5. The van der Waals surface area contributed by atoms with Crippen molar-refractivity contribution in [3.05, 3.63) is 41.8 Å². The summed E-state index contributed by atoms with van der Waals surface area (Å²) < 4.78 is 43.0. The Kier molecular flexibility index (Phi) is 7.41. The highest BCUT2D eigenvalue weighted by molar-refractivity contribution is 5.92. The molecule has 0 unspecified atom stereocenters. The number of carbonyl (C=O) groups is 1. The second-order valence-corrected chi connectivity index (χ2v) is 6.10. The molecule has 148 valence electrons. The van der Waals surface area contributed by atoms with Crippen LogP contribution in [0.3, 0.4) is 0 Å². The van der Waals surface area contributed by atoms with Crippen LogP contribution in [0.15, 0.2) is 34.9 Å². The highest BCUT2D eigenvalue weighted by Crippen LogP contribution is 2.30. The van der Waals surface area contributed by atoms with Crippen LogP contribution in [0.1, 0.15) is 42.7 Å². The van der Waals surface area contributed by atoms with Crippen molar-refractivity contribution in [3.63, 3.8) is 0 Å². The van der Waals surface area contributed by atoms with Gasteiger partial charge in [-0.2, -0.15) is 13.2 Å². The SMILES string of the molecule is CCN(CC)CCCCNC(=O)c1coc(-c2ccc(C(F)(F)F)cc2)n1. The topological polar surface area (TPSA) is 58.4 Å². The third-order valence-corrected chi connectivity index (χ3v) is 4.28. The molecule has 0 saturated carbocycles. The predicted octanol–water partition coefficient (Wildman–Crippen LogP) is 4.21. The summed E-state index contributed by atoms with van der Waals surface area (Å²) in [6.45, 7) is 7.77. The number of nitrogens with zero attached hydrogens (tertiary/aromatic N) is 2. The molecule has 1 aromatic carbocycles. The Morgan fingerprint density at radius 3 is 2.41 bits per heavy atom. The van der Waals surface area contributed by atoms with Crippen molar-refractivity contribution in [2.24, 2.45) is 0 Å². The van der Waals surface area contributed by atoms with E-state index in [-0.39, 0.29) is 17.5 Å². The lowest BCUT2D eigenvalue weighted by molar-refractivity contribution is -0.137. The molecule has 0 aliphatic rings. The van der Waals surface area contributed by atoms with E-state index in [0.717, 1.165) is 44.6 Å². The molecule has 0 fully saturated rings. The minimum absolute atomic E-state index is 0.105. The molecular formula is C19H24F3N3O2. The number of alkyl halides is 3. The van der Waals surface area contributed by atoms with Crippen molar-refractivity contribution in [1.82, 2.24) is 15.2 Å². The summed E-state index contributed by atoms with van der Waals surface area (Å²) in [6, 6.07) is 4.44. The van der Waals surface area contributed by atoms with Gasteiger partial charge in [0.2, 0.25) is 5.89 Å². The van der Waals surface area contributed by atoms with Crippen molar-refractivity contribution in [3.8, 4) is 11.5 Å². The van der Waals surface area contributed by atoms with E-state index in [2.05, 4.69) is 29.0 Å². The molecule has 1 amide bonds. The number of amides is 1. The van der Waals surface area contributed by atoms with E-state index in [1.54, 1.807) is 0 Å². The molecule has 1 heterocycles. The first kappa shape index (κ1) is 21.0. The Labute approximate surface area is 156 Å². The molecule has 0 spiro atoms. The van der Waals surface area contributed by atoms with E-state index >= 15 is 0 Å². The molecule has 0 saturated heterocycles. The van der Waals surface area contributed by atoms with E-state index in [4.69, 9.17) is 4.42 Å². The van der Waals surface area contributed by atoms with Gasteiger partial charge in [0.15, 0.2) is 5.69 Å². The maximum absolute atomic E-state index is 12.6. The molecule has 1 aromatic heterocycles. The Hall–Kier alpha value is -2.35. The fraction of sp³-hybridized carbons (Fsp3) is 0.474. The summed E-state index contributed by atoms with van der Waals surface area (Å²) >= 11 is 0. The van der Waals surface area contributed by atoms with Crippen LogP contribution in [-0.2, 0) is 6.18 Å². The first-order valence-corrected chi connectivity index (χ1v) is 8.98. The van der Waals surface area contributed by atoms with Crippen LogP contribution in [0.4, 0.5) is 13.2 Å². The Morgan fingerprint density at radius 2 is 1.81 bits per heavy atom. The molecule has 0 radical (unpaired) electrons. The molecule has 5 nitrogen and oxygen atoms in total. The van der Waals surface area contributed by atoms with Crippen LogP contribution in [0.5, 0.6) is 0 Å². The highest BCUT2D eigenvalue weighted by Gasteiger charge is 2.30. The summed E-state index contributed by atoms with van der Waals surface area (Å²) in [6.07, 6.45) is -1.35. The van der Waals surface area contributed by atoms with E-state index < -0.39 is 11.7 Å². The number of rotatable bonds is 9. The van der Waals surface area contributed by atoms with Crippen LogP contribution < -0.4 is 5.32 Å². The Morgan fingerprint density at radius 1 is 1.15 bits per heavy atom. The van der Waals surface area contributed by atoms with Crippen LogP contribution in [0, 0.1) is 0 Å². The van der Waals surface area contributed by atoms with E-state index in [1.165, 1.54) is 18.4 Å². The van der Waals surface area contributed by atoms with Gasteiger partial charge in [0.25, 0.3) is 5.91 Å². The predicted molar refractivity (Wildman–Crippen MR) is 96.3 cm³/mol. The van der Waals surface area contributed by atoms with Crippen LogP contribution in [-0.4, -0.2) is 42.0 Å². The van der Waals surface area contributed by atoms with Crippen molar-refractivity contribution >= 4 is 5.91 Å². The number of aromatic nitrogens is 1.